The van der Waals surface area contributed by atoms with Crippen molar-refractivity contribution in [3.8, 4) is 0 Å². The number of aliphatic hydroxyl groups excluding tert-OH is 2. The van der Waals surface area contributed by atoms with Gasteiger partial charge in [-0.05, 0) is 83.5 Å². The molecule has 0 aromatic heterocycles. The number of hydrogen-bond donors (Lipinski definition) is 3. The monoisotopic (exact) mass is 1040 g/mol. The molecule has 0 aromatic carbocycles. The van der Waals surface area contributed by atoms with E-state index < -0.39 is 12.1 Å². The number of carbonyl (C=O) groups excluding carboxylic acids is 2. The van der Waals surface area contributed by atoms with Gasteiger partial charge in [-0.15, -0.1) is 0 Å². The topological polar surface area (TPSA) is 95.9 Å². The number of esters is 1. The first kappa shape index (κ1) is 72.1. The highest BCUT2D eigenvalue weighted by molar-refractivity contribution is 5.76. The number of allylic oxidation sites excluding steroid dienone is 5. The molecule has 3 N–H and O–H groups in total. The molecular weight excluding hydrogens is 911 g/mol. The van der Waals surface area contributed by atoms with E-state index in [1.54, 1.807) is 6.08 Å². The molecule has 0 aliphatic heterocycles. The second-order valence-corrected chi connectivity index (χ2v) is 22.8. The second kappa shape index (κ2) is 63.6. The maximum atomic E-state index is 12.5. The molecule has 2 unspecified atom stereocenters. The fraction of sp³-hybridized carbons (Fsp3) is 0.882. The van der Waals surface area contributed by atoms with E-state index >= 15 is 0 Å². The van der Waals surface area contributed by atoms with Crippen molar-refractivity contribution in [1.29, 1.82) is 0 Å². The zero-order valence-electron chi connectivity index (χ0n) is 49.8. The standard InChI is InChI=1S/C68H129NO5/c1-3-5-7-9-11-13-15-17-19-21-22-23-25-29-32-36-40-44-48-52-56-60-66(71)65(64-70)69-67(72)61-57-53-49-45-41-37-33-30-26-24-27-31-35-39-43-47-51-55-59-63-74-68(73)62-58-54-50-46-42-38-34-28-20-18-16-14-12-10-8-6-4-2/h18,20,24,26,56,60,65-66,70-71H,3-17,19,21-23,25,27-55,57-59,61-64H2,1-2H3,(H,69,72)/b20-18-,26-24-,60-56+. The molecule has 436 valence electrons. The van der Waals surface area contributed by atoms with Crippen molar-refractivity contribution in [2.45, 2.75) is 373 Å². The van der Waals surface area contributed by atoms with Crippen molar-refractivity contribution in [2.24, 2.45) is 0 Å². The minimum absolute atomic E-state index is 0.000313. The van der Waals surface area contributed by atoms with Crippen molar-refractivity contribution >= 4 is 11.9 Å². The Balaban J connectivity index is 3.46. The maximum absolute atomic E-state index is 12.5. The zero-order chi connectivity index (χ0) is 53.6. The molecule has 0 rings (SSSR count). The van der Waals surface area contributed by atoms with E-state index in [2.05, 4.69) is 43.5 Å². The summed E-state index contributed by atoms with van der Waals surface area (Å²) < 4.78 is 5.49. The molecule has 0 radical (unpaired) electrons. The average Bonchev–Trinajstić information content (AvgIpc) is 3.40. The highest BCUT2D eigenvalue weighted by Crippen LogP contribution is 2.17. The molecule has 0 spiro atoms. The van der Waals surface area contributed by atoms with Crippen LogP contribution in [0.1, 0.15) is 361 Å². The summed E-state index contributed by atoms with van der Waals surface area (Å²) in [6.07, 6.45) is 80.5. The van der Waals surface area contributed by atoms with E-state index in [9.17, 15) is 19.8 Å². The van der Waals surface area contributed by atoms with Crippen LogP contribution >= 0.6 is 0 Å². The van der Waals surface area contributed by atoms with Gasteiger partial charge in [0.2, 0.25) is 5.91 Å². The van der Waals surface area contributed by atoms with Crippen molar-refractivity contribution < 1.29 is 24.5 Å². The molecular formula is C68H129NO5. The number of unbranched alkanes of at least 4 members (excludes halogenated alkanes) is 47. The predicted octanol–water partition coefficient (Wildman–Crippen LogP) is 21.1. The predicted molar refractivity (Wildman–Crippen MR) is 324 cm³/mol. The summed E-state index contributed by atoms with van der Waals surface area (Å²) in [5.74, 6) is -0.0745. The normalized spacial score (nSPS) is 12.8. The van der Waals surface area contributed by atoms with Crippen LogP contribution in [0.3, 0.4) is 0 Å². The lowest BCUT2D eigenvalue weighted by molar-refractivity contribution is -0.143. The SMILES string of the molecule is CCCCCCCC/C=C\CCCCCCCCCC(=O)OCCCCCCCCCC/C=C\CCCCCCCCCC(=O)NC(CO)C(O)/C=C/CCCCCCCCCCCCCCCCCCCCC. The van der Waals surface area contributed by atoms with Crippen LogP contribution in [0.25, 0.3) is 0 Å². The van der Waals surface area contributed by atoms with E-state index in [1.807, 2.05) is 6.08 Å². The lowest BCUT2D eigenvalue weighted by Gasteiger charge is -2.20. The summed E-state index contributed by atoms with van der Waals surface area (Å²) in [4.78, 5) is 24.6. The minimum Gasteiger partial charge on any atom is -0.466 e. The van der Waals surface area contributed by atoms with Gasteiger partial charge in [-0.1, -0.05) is 301 Å². The van der Waals surface area contributed by atoms with Crippen molar-refractivity contribution in [3.63, 3.8) is 0 Å². The lowest BCUT2D eigenvalue weighted by atomic mass is 10.0. The third-order valence-electron chi connectivity index (χ3n) is 15.4. The van der Waals surface area contributed by atoms with E-state index in [4.69, 9.17) is 4.74 Å². The Kier molecular flexibility index (Phi) is 62.0. The fourth-order valence-corrected chi connectivity index (χ4v) is 10.3. The molecule has 6 heteroatoms. The number of aliphatic hydroxyl groups is 2. The third kappa shape index (κ3) is 59.3. The summed E-state index contributed by atoms with van der Waals surface area (Å²) in [5.41, 5.74) is 0. The Labute approximate surface area is 462 Å². The van der Waals surface area contributed by atoms with Crippen molar-refractivity contribution in [1.82, 2.24) is 5.32 Å². The molecule has 1 amide bonds. The average molecular weight is 1040 g/mol. The largest absolute Gasteiger partial charge is 0.466 e. The Hall–Kier alpha value is -1.92. The van der Waals surface area contributed by atoms with Gasteiger partial charge in [0.25, 0.3) is 0 Å². The lowest BCUT2D eigenvalue weighted by Crippen LogP contribution is -2.45. The molecule has 0 heterocycles. The Morgan fingerprint density at radius 3 is 0.959 bits per heavy atom. The summed E-state index contributed by atoms with van der Waals surface area (Å²) in [5, 5.41) is 23.2. The zero-order valence-corrected chi connectivity index (χ0v) is 49.8. The summed E-state index contributed by atoms with van der Waals surface area (Å²) in [7, 11) is 0. The number of nitrogens with one attached hydrogen (secondary N) is 1. The Morgan fingerprint density at radius 1 is 0.365 bits per heavy atom. The van der Waals surface area contributed by atoms with Crippen LogP contribution < -0.4 is 5.32 Å². The molecule has 0 saturated carbocycles. The molecule has 2 atom stereocenters. The highest BCUT2D eigenvalue weighted by atomic mass is 16.5. The summed E-state index contributed by atoms with van der Waals surface area (Å²) >= 11 is 0. The molecule has 0 fully saturated rings. The quantitative estimate of drug-likeness (QED) is 0.0320. The summed E-state index contributed by atoms with van der Waals surface area (Å²) in [6, 6.07) is -0.637. The highest BCUT2D eigenvalue weighted by Gasteiger charge is 2.18. The van der Waals surface area contributed by atoms with E-state index in [0.29, 0.717) is 19.4 Å². The van der Waals surface area contributed by atoms with E-state index in [1.165, 1.54) is 283 Å². The third-order valence-corrected chi connectivity index (χ3v) is 15.4. The number of amides is 1. The van der Waals surface area contributed by atoms with Crippen LogP contribution in [0.15, 0.2) is 36.5 Å². The van der Waals surface area contributed by atoms with Crippen LogP contribution in [0.2, 0.25) is 0 Å². The molecule has 0 aromatic rings. The van der Waals surface area contributed by atoms with Gasteiger partial charge in [0, 0.05) is 12.8 Å². The van der Waals surface area contributed by atoms with Crippen LogP contribution in [0.5, 0.6) is 0 Å². The summed E-state index contributed by atoms with van der Waals surface area (Å²) in [6.45, 7) is 4.91. The Bertz CT molecular complexity index is 1200. The number of hydrogen-bond acceptors (Lipinski definition) is 5. The van der Waals surface area contributed by atoms with Crippen molar-refractivity contribution in [3.05, 3.63) is 36.5 Å². The van der Waals surface area contributed by atoms with Crippen LogP contribution in [-0.4, -0.2) is 47.4 Å². The van der Waals surface area contributed by atoms with E-state index in [-0.39, 0.29) is 18.5 Å². The second-order valence-electron chi connectivity index (χ2n) is 22.8. The number of carbonyl (C=O) groups is 2. The van der Waals surface area contributed by atoms with Crippen LogP contribution in [0.4, 0.5) is 0 Å². The van der Waals surface area contributed by atoms with Gasteiger partial charge in [-0.2, -0.15) is 0 Å². The number of rotatable bonds is 62. The minimum atomic E-state index is -0.852. The Morgan fingerprint density at radius 2 is 0.635 bits per heavy atom. The number of ether oxygens (including phenoxy) is 1. The molecule has 0 saturated heterocycles. The first-order valence-corrected chi connectivity index (χ1v) is 33.3. The molecule has 74 heavy (non-hydrogen) atoms. The van der Waals surface area contributed by atoms with E-state index in [0.717, 1.165) is 51.4 Å². The maximum Gasteiger partial charge on any atom is 0.305 e. The molecule has 0 aliphatic rings. The van der Waals surface area contributed by atoms with Gasteiger partial charge in [-0.25, -0.2) is 0 Å². The first-order valence-electron chi connectivity index (χ1n) is 33.3. The van der Waals surface area contributed by atoms with Gasteiger partial charge >= 0.3 is 5.97 Å². The fourth-order valence-electron chi connectivity index (χ4n) is 10.3. The van der Waals surface area contributed by atoms with Gasteiger partial charge in [0.15, 0.2) is 0 Å². The molecule has 6 nitrogen and oxygen atoms in total. The molecule has 0 bridgehead atoms. The first-order chi connectivity index (χ1) is 36.5. The molecule has 0 aliphatic carbocycles. The van der Waals surface area contributed by atoms with Crippen LogP contribution in [0, 0.1) is 0 Å². The smallest absolute Gasteiger partial charge is 0.305 e. The van der Waals surface area contributed by atoms with Crippen molar-refractivity contribution in [2.75, 3.05) is 13.2 Å². The van der Waals surface area contributed by atoms with Gasteiger partial charge in [-0.3, -0.25) is 9.59 Å². The van der Waals surface area contributed by atoms with Crippen LogP contribution in [-0.2, 0) is 14.3 Å². The van der Waals surface area contributed by atoms with Gasteiger partial charge in [0.05, 0.1) is 25.4 Å². The van der Waals surface area contributed by atoms with Gasteiger partial charge in [0.1, 0.15) is 0 Å². The van der Waals surface area contributed by atoms with Gasteiger partial charge < -0.3 is 20.3 Å².